The van der Waals surface area contributed by atoms with Crippen molar-refractivity contribution in [3.63, 3.8) is 0 Å². The van der Waals surface area contributed by atoms with Crippen molar-refractivity contribution in [1.29, 1.82) is 0 Å². The van der Waals surface area contributed by atoms with Gasteiger partial charge in [0.25, 0.3) is 0 Å². The van der Waals surface area contributed by atoms with Crippen LogP contribution in [-0.4, -0.2) is 4.98 Å². The summed E-state index contributed by atoms with van der Waals surface area (Å²) < 4.78 is 26.0. The maximum absolute atomic E-state index is 13.1. The van der Waals surface area contributed by atoms with Gasteiger partial charge in [-0.2, -0.15) is 0 Å². The number of aromatic amines is 1. The number of fused-ring (bicyclic) bond motifs is 1. The van der Waals surface area contributed by atoms with Gasteiger partial charge in [0.05, 0.1) is 0 Å². The van der Waals surface area contributed by atoms with Crippen LogP contribution in [0.2, 0.25) is 0 Å². The molecule has 0 fully saturated rings. The van der Waals surface area contributed by atoms with Crippen LogP contribution >= 0.6 is 0 Å². The summed E-state index contributed by atoms with van der Waals surface area (Å²) in [6.07, 6.45) is 2.69. The largest absolute Gasteiger partial charge is 0.361 e. The molecule has 80 valence electrons. The molecule has 0 saturated heterocycles. The smallest absolute Gasteiger partial charge is 0.160 e. The highest BCUT2D eigenvalue weighted by atomic mass is 19.2. The molecular weight excluding hydrogens is 196 g/mol. The van der Waals surface area contributed by atoms with Gasteiger partial charge < -0.3 is 4.98 Å². The molecule has 0 atom stereocenters. The van der Waals surface area contributed by atoms with Crippen molar-refractivity contribution >= 4 is 10.9 Å². The molecule has 0 spiro atoms. The number of aromatic nitrogens is 1. The van der Waals surface area contributed by atoms with E-state index in [1.54, 1.807) is 0 Å². The predicted molar refractivity (Wildman–Crippen MR) is 56.8 cm³/mol. The van der Waals surface area contributed by atoms with Crippen LogP contribution in [0.4, 0.5) is 8.78 Å². The van der Waals surface area contributed by atoms with E-state index in [0.717, 1.165) is 17.4 Å². The van der Waals surface area contributed by atoms with E-state index in [4.69, 9.17) is 0 Å². The molecule has 0 saturated carbocycles. The highest BCUT2D eigenvalue weighted by Gasteiger charge is 2.09. The van der Waals surface area contributed by atoms with Gasteiger partial charge in [-0.1, -0.05) is 13.8 Å². The van der Waals surface area contributed by atoms with E-state index in [9.17, 15) is 8.78 Å². The van der Waals surface area contributed by atoms with Crippen molar-refractivity contribution in [2.24, 2.45) is 5.92 Å². The van der Waals surface area contributed by atoms with Crippen LogP contribution in [-0.2, 0) is 6.42 Å². The lowest BCUT2D eigenvalue weighted by Gasteiger charge is -2.02. The third-order valence-electron chi connectivity index (χ3n) is 2.44. The second-order valence-corrected chi connectivity index (χ2v) is 4.22. The van der Waals surface area contributed by atoms with Gasteiger partial charge >= 0.3 is 0 Å². The molecule has 0 unspecified atom stereocenters. The number of benzene rings is 1. The Labute approximate surface area is 87.1 Å². The Bertz CT molecular complexity index is 486. The Kier molecular flexibility index (Phi) is 2.47. The molecule has 0 radical (unpaired) electrons. The van der Waals surface area contributed by atoms with E-state index >= 15 is 0 Å². The van der Waals surface area contributed by atoms with Crippen molar-refractivity contribution in [1.82, 2.24) is 4.98 Å². The fraction of sp³-hybridized carbons (Fsp3) is 0.333. The number of rotatable bonds is 2. The predicted octanol–water partition coefficient (Wildman–Crippen LogP) is 3.64. The lowest BCUT2D eigenvalue weighted by molar-refractivity contribution is 0.510. The normalized spacial score (nSPS) is 11.5. The number of hydrogen-bond donors (Lipinski definition) is 1. The lowest BCUT2D eigenvalue weighted by Crippen LogP contribution is -1.92. The van der Waals surface area contributed by atoms with Gasteiger partial charge in [-0.05, 0) is 24.0 Å². The Morgan fingerprint density at radius 2 is 1.87 bits per heavy atom. The summed E-state index contributed by atoms with van der Waals surface area (Å²) in [6, 6.07) is 2.47. The molecule has 0 bridgehead atoms. The maximum Gasteiger partial charge on any atom is 0.160 e. The van der Waals surface area contributed by atoms with Gasteiger partial charge in [0.15, 0.2) is 11.6 Å². The second kappa shape index (κ2) is 3.65. The van der Waals surface area contributed by atoms with Gasteiger partial charge in [-0.25, -0.2) is 8.78 Å². The molecule has 0 aliphatic carbocycles. The standard InChI is InChI=1S/C12H13F2N/c1-7(2)3-8-6-15-12-5-11(14)10(13)4-9(8)12/h4-7,15H,3H2,1-2H3. The molecule has 1 nitrogen and oxygen atoms in total. The minimum Gasteiger partial charge on any atom is -0.361 e. The highest BCUT2D eigenvalue weighted by Crippen LogP contribution is 2.23. The van der Waals surface area contributed by atoms with E-state index in [1.165, 1.54) is 12.1 Å². The topological polar surface area (TPSA) is 15.8 Å². The van der Waals surface area contributed by atoms with E-state index in [-0.39, 0.29) is 0 Å². The molecule has 2 aromatic rings. The maximum atomic E-state index is 13.1. The van der Waals surface area contributed by atoms with Crippen LogP contribution in [0.15, 0.2) is 18.3 Å². The molecule has 1 aromatic carbocycles. The Hall–Kier alpha value is -1.38. The Morgan fingerprint density at radius 3 is 2.53 bits per heavy atom. The molecule has 0 aliphatic rings. The minimum absolute atomic E-state index is 0.497. The molecule has 0 amide bonds. The van der Waals surface area contributed by atoms with Crippen LogP contribution in [0.25, 0.3) is 10.9 Å². The van der Waals surface area contributed by atoms with Gasteiger partial charge in [0, 0.05) is 23.2 Å². The van der Waals surface area contributed by atoms with Crippen molar-refractivity contribution in [3.8, 4) is 0 Å². The lowest BCUT2D eigenvalue weighted by atomic mass is 10.0. The summed E-state index contributed by atoms with van der Waals surface area (Å²) in [5, 5.41) is 0.780. The Balaban J connectivity index is 2.54. The highest BCUT2D eigenvalue weighted by molar-refractivity contribution is 5.83. The first kappa shape index (κ1) is 10.1. The molecule has 3 heteroatoms. The summed E-state index contributed by atoms with van der Waals surface area (Å²) in [7, 11) is 0. The number of H-pyrrole nitrogens is 1. The monoisotopic (exact) mass is 209 g/mol. The van der Waals surface area contributed by atoms with Crippen LogP contribution in [0.5, 0.6) is 0 Å². The molecule has 1 heterocycles. The van der Waals surface area contributed by atoms with Gasteiger partial charge in [0.2, 0.25) is 0 Å². The number of nitrogens with one attached hydrogen (secondary N) is 1. The molecule has 15 heavy (non-hydrogen) atoms. The first-order valence-corrected chi connectivity index (χ1v) is 5.03. The third-order valence-corrected chi connectivity index (χ3v) is 2.44. The van der Waals surface area contributed by atoms with Crippen LogP contribution in [0, 0.1) is 17.6 Å². The second-order valence-electron chi connectivity index (χ2n) is 4.22. The first-order chi connectivity index (χ1) is 7.08. The van der Waals surface area contributed by atoms with Crippen LogP contribution < -0.4 is 0 Å². The van der Waals surface area contributed by atoms with E-state index in [0.29, 0.717) is 11.4 Å². The van der Waals surface area contributed by atoms with Crippen molar-refractivity contribution in [3.05, 3.63) is 35.5 Å². The number of hydrogen-bond acceptors (Lipinski definition) is 0. The third kappa shape index (κ3) is 1.87. The quantitative estimate of drug-likeness (QED) is 0.777. The van der Waals surface area contributed by atoms with Crippen molar-refractivity contribution in [2.45, 2.75) is 20.3 Å². The molecule has 1 N–H and O–H groups in total. The van der Waals surface area contributed by atoms with Crippen LogP contribution in [0.1, 0.15) is 19.4 Å². The fourth-order valence-corrected chi connectivity index (χ4v) is 1.78. The van der Waals surface area contributed by atoms with Gasteiger partial charge in [-0.3, -0.25) is 0 Å². The van der Waals surface area contributed by atoms with Crippen molar-refractivity contribution in [2.75, 3.05) is 0 Å². The summed E-state index contributed by atoms with van der Waals surface area (Å²) in [6.45, 7) is 4.19. The van der Waals surface area contributed by atoms with Gasteiger partial charge in [-0.15, -0.1) is 0 Å². The summed E-state index contributed by atoms with van der Waals surface area (Å²) in [4.78, 5) is 2.95. The summed E-state index contributed by atoms with van der Waals surface area (Å²) >= 11 is 0. The average molecular weight is 209 g/mol. The SMILES string of the molecule is CC(C)Cc1c[nH]c2cc(F)c(F)cc12. The van der Waals surface area contributed by atoms with Crippen molar-refractivity contribution < 1.29 is 8.78 Å². The molecular formula is C12H13F2N. The van der Waals surface area contributed by atoms with E-state index in [1.807, 2.05) is 6.20 Å². The van der Waals surface area contributed by atoms with E-state index < -0.39 is 11.6 Å². The van der Waals surface area contributed by atoms with Gasteiger partial charge in [0.1, 0.15) is 0 Å². The fourth-order valence-electron chi connectivity index (χ4n) is 1.78. The average Bonchev–Trinajstić information content (AvgIpc) is 2.49. The Morgan fingerprint density at radius 1 is 1.20 bits per heavy atom. The van der Waals surface area contributed by atoms with Crippen LogP contribution in [0.3, 0.4) is 0 Å². The summed E-state index contributed by atoms with van der Waals surface area (Å²) in [5.74, 6) is -1.09. The first-order valence-electron chi connectivity index (χ1n) is 5.03. The van der Waals surface area contributed by atoms with E-state index in [2.05, 4.69) is 18.8 Å². The molecule has 0 aliphatic heterocycles. The zero-order chi connectivity index (χ0) is 11.0. The zero-order valence-corrected chi connectivity index (χ0v) is 8.77. The molecule has 2 rings (SSSR count). The number of halogens is 2. The summed E-state index contributed by atoms with van der Waals surface area (Å²) in [5.41, 5.74) is 1.70. The minimum atomic E-state index is -0.805. The molecule has 1 aromatic heterocycles. The zero-order valence-electron chi connectivity index (χ0n) is 8.77.